The molecule has 4 heteroatoms. The number of hydrogen-bond donors (Lipinski definition) is 1. The highest BCUT2D eigenvalue weighted by atomic mass is 16.2. The zero-order valence-corrected chi connectivity index (χ0v) is 13.1. The third-order valence-electron chi connectivity index (χ3n) is 4.22. The van der Waals surface area contributed by atoms with Crippen LogP contribution in [0, 0.1) is 0 Å². The lowest BCUT2D eigenvalue weighted by Gasteiger charge is -2.39. The van der Waals surface area contributed by atoms with E-state index in [1.54, 1.807) is 19.1 Å². The first-order valence-corrected chi connectivity index (χ1v) is 7.65. The highest BCUT2D eigenvalue weighted by molar-refractivity contribution is 5.94. The lowest BCUT2D eigenvalue weighted by Crippen LogP contribution is -2.49. The largest absolute Gasteiger partial charge is 0.376 e. The smallest absolute Gasteiger partial charge is 0.242 e. The van der Waals surface area contributed by atoms with Crippen LogP contribution in [0.3, 0.4) is 0 Å². The molecule has 2 rings (SSSR count). The van der Waals surface area contributed by atoms with Gasteiger partial charge in [0.2, 0.25) is 5.91 Å². The van der Waals surface area contributed by atoms with Gasteiger partial charge in [-0.2, -0.15) is 0 Å². The highest BCUT2D eigenvalue weighted by Gasteiger charge is 2.28. The van der Waals surface area contributed by atoms with Crippen molar-refractivity contribution in [2.45, 2.75) is 52.1 Å². The maximum Gasteiger partial charge on any atom is 0.242 e. The van der Waals surface area contributed by atoms with Gasteiger partial charge in [0.25, 0.3) is 0 Å². The minimum Gasteiger partial charge on any atom is -0.376 e. The molecule has 21 heavy (non-hydrogen) atoms. The second-order valence-electron chi connectivity index (χ2n) is 5.92. The summed E-state index contributed by atoms with van der Waals surface area (Å²) in [6, 6.07) is 7.88. The Balaban J connectivity index is 1.92. The molecule has 4 nitrogen and oxygen atoms in total. The summed E-state index contributed by atoms with van der Waals surface area (Å²) in [4.78, 5) is 25.6. The van der Waals surface area contributed by atoms with E-state index in [0.29, 0.717) is 24.2 Å². The van der Waals surface area contributed by atoms with Crippen LogP contribution in [0.2, 0.25) is 0 Å². The van der Waals surface area contributed by atoms with Crippen LogP contribution >= 0.6 is 0 Å². The maximum atomic E-state index is 12.4. The number of Topliss-reactive ketones (excluding diaryl/α,β-unsaturated/α-hetero) is 1. The molecule has 1 heterocycles. The average Bonchev–Trinajstić information content (AvgIpc) is 2.45. The van der Waals surface area contributed by atoms with Crippen molar-refractivity contribution in [3.63, 3.8) is 0 Å². The summed E-state index contributed by atoms with van der Waals surface area (Å²) in [6.45, 7) is 6.09. The Kier molecular flexibility index (Phi) is 4.99. The van der Waals surface area contributed by atoms with Crippen molar-refractivity contribution in [3.8, 4) is 0 Å². The van der Waals surface area contributed by atoms with Gasteiger partial charge in [0, 0.05) is 23.3 Å². The predicted octanol–water partition coefficient (Wildman–Crippen LogP) is 3.09. The number of carbonyl (C=O) groups excluding carboxylic acids is 2. The van der Waals surface area contributed by atoms with Crippen LogP contribution in [0.25, 0.3) is 0 Å². The first-order chi connectivity index (χ1) is 9.99. The van der Waals surface area contributed by atoms with Crippen LogP contribution in [0.1, 0.15) is 50.4 Å². The van der Waals surface area contributed by atoms with Crippen LogP contribution in [-0.4, -0.2) is 35.2 Å². The summed E-state index contributed by atoms with van der Waals surface area (Å²) < 4.78 is 0. The number of likely N-dealkylation sites (tertiary alicyclic amines) is 1. The van der Waals surface area contributed by atoms with Gasteiger partial charge >= 0.3 is 0 Å². The van der Waals surface area contributed by atoms with Crippen molar-refractivity contribution < 1.29 is 9.59 Å². The minimum absolute atomic E-state index is 0.0496. The normalized spacial score (nSPS) is 22.0. The van der Waals surface area contributed by atoms with E-state index in [1.807, 2.05) is 17.0 Å². The van der Waals surface area contributed by atoms with Crippen molar-refractivity contribution in [2.75, 3.05) is 11.9 Å². The van der Waals surface area contributed by atoms with Gasteiger partial charge in [-0.25, -0.2) is 0 Å². The Morgan fingerprint density at radius 3 is 2.24 bits per heavy atom. The Hall–Kier alpha value is -1.84. The molecule has 1 N–H and O–H groups in total. The molecule has 1 aromatic carbocycles. The molecule has 1 aliphatic heterocycles. The van der Waals surface area contributed by atoms with Crippen molar-refractivity contribution >= 4 is 17.4 Å². The molecule has 1 amide bonds. The molecule has 1 aromatic rings. The summed E-state index contributed by atoms with van der Waals surface area (Å²) >= 11 is 0. The molecule has 1 fully saturated rings. The standard InChI is InChI=1S/C17H24N2O2/c1-12-5-4-6-13(2)19(12)17(21)11-18-16-9-7-15(8-10-16)14(3)20/h7-10,12-13,18H,4-6,11H2,1-3H3/t12-,13-/m1/s1. The number of piperidine rings is 1. The number of anilines is 1. The number of nitrogens with zero attached hydrogens (tertiary/aromatic N) is 1. The highest BCUT2D eigenvalue weighted by Crippen LogP contribution is 2.22. The molecule has 0 saturated carbocycles. The van der Waals surface area contributed by atoms with Crippen molar-refractivity contribution in [1.29, 1.82) is 0 Å². The first kappa shape index (κ1) is 15.5. The Morgan fingerprint density at radius 2 is 1.71 bits per heavy atom. The molecule has 114 valence electrons. The quantitative estimate of drug-likeness (QED) is 0.866. The van der Waals surface area contributed by atoms with Gasteiger partial charge in [0.1, 0.15) is 0 Å². The molecule has 0 radical (unpaired) electrons. The lowest BCUT2D eigenvalue weighted by molar-refractivity contribution is -0.135. The van der Waals surface area contributed by atoms with Crippen LogP contribution in [0.4, 0.5) is 5.69 Å². The summed E-state index contributed by atoms with van der Waals surface area (Å²) in [7, 11) is 0. The summed E-state index contributed by atoms with van der Waals surface area (Å²) in [5.74, 6) is 0.193. The van der Waals surface area contributed by atoms with Gasteiger partial charge in [-0.15, -0.1) is 0 Å². The molecule has 2 atom stereocenters. The molecule has 0 spiro atoms. The number of hydrogen-bond acceptors (Lipinski definition) is 3. The SMILES string of the molecule is CC(=O)c1ccc(NCC(=O)N2[C@H](C)CCC[C@H]2C)cc1. The van der Waals surface area contributed by atoms with Gasteiger partial charge in [-0.05, 0) is 64.3 Å². The van der Waals surface area contributed by atoms with E-state index < -0.39 is 0 Å². The first-order valence-electron chi connectivity index (χ1n) is 7.65. The maximum absolute atomic E-state index is 12.4. The number of rotatable bonds is 4. The second-order valence-corrected chi connectivity index (χ2v) is 5.92. The van der Waals surface area contributed by atoms with Crippen LogP contribution in [0.15, 0.2) is 24.3 Å². The lowest BCUT2D eigenvalue weighted by atomic mass is 9.97. The molecule has 0 unspecified atom stereocenters. The third-order valence-corrected chi connectivity index (χ3v) is 4.22. The van der Waals surface area contributed by atoms with E-state index in [4.69, 9.17) is 0 Å². The molecule has 0 bridgehead atoms. The van der Waals surface area contributed by atoms with Crippen LogP contribution in [-0.2, 0) is 4.79 Å². The zero-order valence-electron chi connectivity index (χ0n) is 13.1. The fraction of sp³-hybridized carbons (Fsp3) is 0.529. The van der Waals surface area contributed by atoms with E-state index in [0.717, 1.165) is 18.5 Å². The number of ketones is 1. The number of carbonyl (C=O) groups is 2. The van der Waals surface area contributed by atoms with Crippen molar-refractivity contribution in [3.05, 3.63) is 29.8 Å². The molecule has 0 aliphatic carbocycles. The molecule has 1 aliphatic rings. The molecular weight excluding hydrogens is 264 g/mol. The van der Waals surface area contributed by atoms with E-state index in [2.05, 4.69) is 19.2 Å². The molecular formula is C17H24N2O2. The summed E-state index contributed by atoms with van der Waals surface area (Å²) in [6.07, 6.45) is 3.37. The van der Waals surface area contributed by atoms with Crippen LogP contribution < -0.4 is 5.32 Å². The summed E-state index contributed by atoms with van der Waals surface area (Å²) in [5.41, 5.74) is 1.55. The topological polar surface area (TPSA) is 49.4 Å². The Labute approximate surface area is 126 Å². The van der Waals surface area contributed by atoms with Gasteiger partial charge in [0.15, 0.2) is 5.78 Å². The Bertz CT molecular complexity index is 500. The summed E-state index contributed by atoms with van der Waals surface area (Å²) in [5, 5.41) is 3.15. The Morgan fingerprint density at radius 1 is 1.14 bits per heavy atom. The predicted molar refractivity (Wildman–Crippen MR) is 84.6 cm³/mol. The number of benzene rings is 1. The van der Waals surface area contributed by atoms with Gasteiger partial charge in [0.05, 0.1) is 6.54 Å². The van der Waals surface area contributed by atoms with Gasteiger partial charge in [-0.3, -0.25) is 9.59 Å². The van der Waals surface area contributed by atoms with Crippen LogP contribution in [0.5, 0.6) is 0 Å². The van der Waals surface area contributed by atoms with Gasteiger partial charge < -0.3 is 10.2 Å². The van der Waals surface area contributed by atoms with E-state index in [9.17, 15) is 9.59 Å². The minimum atomic E-state index is 0.0496. The fourth-order valence-corrected chi connectivity index (χ4v) is 3.00. The van der Waals surface area contributed by atoms with E-state index in [1.165, 1.54) is 6.42 Å². The van der Waals surface area contributed by atoms with E-state index in [-0.39, 0.29) is 11.7 Å². The number of nitrogens with one attached hydrogen (secondary N) is 1. The fourth-order valence-electron chi connectivity index (χ4n) is 3.00. The van der Waals surface area contributed by atoms with Crippen molar-refractivity contribution in [1.82, 2.24) is 4.90 Å². The van der Waals surface area contributed by atoms with Crippen molar-refractivity contribution in [2.24, 2.45) is 0 Å². The second kappa shape index (κ2) is 6.74. The average molecular weight is 288 g/mol. The zero-order chi connectivity index (χ0) is 15.4. The van der Waals surface area contributed by atoms with Gasteiger partial charge in [-0.1, -0.05) is 0 Å². The monoisotopic (exact) mass is 288 g/mol. The molecule has 1 saturated heterocycles. The third kappa shape index (κ3) is 3.84. The number of amides is 1. The van der Waals surface area contributed by atoms with E-state index >= 15 is 0 Å². The molecule has 0 aromatic heterocycles.